The van der Waals surface area contributed by atoms with Gasteiger partial charge in [0.1, 0.15) is 19.7 Å². The Morgan fingerprint density at radius 1 is 0.727 bits per heavy atom. The summed E-state index contributed by atoms with van der Waals surface area (Å²) in [5, 5.41) is 9.20. The summed E-state index contributed by atoms with van der Waals surface area (Å²) in [6.07, 6.45) is 13.9. The first-order valence-corrected chi connectivity index (χ1v) is 16.0. The average Bonchev–Trinajstić information content (AvgIpc) is 3.38. The number of hydrogen-bond acceptors (Lipinski definition) is 7. The van der Waals surface area contributed by atoms with Crippen LogP contribution in [0.3, 0.4) is 0 Å². The van der Waals surface area contributed by atoms with Crippen LogP contribution in [0, 0.1) is 10.8 Å². The molecular formula is C23H42O8S2. The smallest absolute Gasteiger partial charge is 0.311 e. The van der Waals surface area contributed by atoms with E-state index in [1.54, 1.807) is 0 Å². The standard InChI is InChI=1S/C12H22O4S.C11H20O4S/c1-16-11(13)12(7-3-4-8-12)9-5-6-10-17(2,14)15;1-16(14,15)9-5-4-8-11(10(12)13)6-2-3-7-11/h3-10H2,1-2H3;2-9H2,1H3,(H,12,13). The molecule has 0 aromatic heterocycles. The average molecular weight is 511 g/mol. The van der Waals surface area contributed by atoms with Crippen molar-refractivity contribution in [3.63, 3.8) is 0 Å². The van der Waals surface area contributed by atoms with E-state index in [0.717, 1.165) is 64.2 Å². The van der Waals surface area contributed by atoms with Crippen molar-refractivity contribution in [3.05, 3.63) is 0 Å². The molecule has 0 spiro atoms. The molecule has 2 saturated carbocycles. The van der Waals surface area contributed by atoms with Gasteiger partial charge in [0.25, 0.3) is 0 Å². The van der Waals surface area contributed by atoms with E-state index in [2.05, 4.69) is 0 Å². The van der Waals surface area contributed by atoms with E-state index in [4.69, 9.17) is 4.74 Å². The largest absolute Gasteiger partial charge is 0.481 e. The first-order chi connectivity index (χ1) is 15.3. The van der Waals surface area contributed by atoms with Crippen molar-refractivity contribution in [1.29, 1.82) is 0 Å². The zero-order chi connectivity index (χ0) is 25.2. The van der Waals surface area contributed by atoms with Gasteiger partial charge in [0.2, 0.25) is 0 Å². The van der Waals surface area contributed by atoms with Gasteiger partial charge < -0.3 is 9.84 Å². The van der Waals surface area contributed by atoms with Crippen LogP contribution in [0.4, 0.5) is 0 Å². The molecule has 33 heavy (non-hydrogen) atoms. The molecule has 0 amide bonds. The van der Waals surface area contributed by atoms with Crippen LogP contribution in [-0.4, -0.2) is 65.0 Å². The molecule has 0 heterocycles. The second-order valence-electron chi connectivity index (χ2n) is 9.95. The van der Waals surface area contributed by atoms with E-state index in [9.17, 15) is 31.5 Å². The highest BCUT2D eigenvalue weighted by Gasteiger charge is 2.41. The number of unbranched alkanes of at least 4 members (excludes halogenated alkanes) is 2. The number of rotatable bonds is 12. The molecule has 2 fully saturated rings. The van der Waals surface area contributed by atoms with Gasteiger partial charge in [0.15, 0.2) is 0 Å². The SMILES string of the molecule is COC(=O)C1(CCCCS(C)(=O)=O)CCCC1.CS(=O)(=O)CCCCC1(C(=O)O)CCCC1. The second-order valence-corrected chi connectivity index (χ2v) is 14.5. The van der Waals surface area contributed by atoms with E-state index in [0.29, 0.717) is 25.7 Å². The third kappa shape index (κ3) is 10.8. The molecule has 8 nitrogen and oxygen atoms in total. The normalized spacial score (nSPS) is 19.5. The number of aliphatic carboxylic acids is 1. The molecule has 2 aliphatic rings. The van der Waals surface area contributed by atoms with Gasteiger partial charge in [-0.3, -0.25) is 9.59 Å². The summed E-state index contributed by atoms with van der Waals surface area (Å²) < 4.78 is 48.7. The Bertz CT molecular complexity index is 834. The number of ether oxygens (including phenoxy) is 1. The number of carbonyl (C=O) groups is 2. The van der Waals surface area contributed by atoms with Crippen molar-refractivity contribution in [2.45, 2.75) is 89.9 Å². The molecule has 2 rings (SSSR count). The van der Waals surface area contributed by atoms with Gasteiger partial charge >= 0.3 is 11.9 Å². The Morgan fingerprint density at radius 2 is 1.09 bits per heavy atom. The zero-order valence-electron chi connectivity index (χ0n) is 20.4. The maximum atomic E-state index is 11.8. The summed E-state index contributed by atoms with van der Waals surface area (Å²) in [6.45, 7) is 0. The van der Waals surface area contributed by atoms with Gasteiger partial charge in [-0.25, -0.2) is 16.8 Å². The van der Waals surface area contributed by atoms with E-state index >= 15 is 0 Å². The monoisotopic (exact) mass is 510 g/mol. The number of carboxylic acid groups (broad SMARTS) is 1. The Labute approximate surface area is 199 Å². The van der Waals surface area contributed by atoms with Crippen molar-refractivity contribution in [2.24, 2.45) is 10.8 Å². The minimum Gasteiger partial charge on any atom is -0.481 e. The lowest BCUT2D eigenvalue weighted by Gasteiger charge is -2.25. The number of carbonyl (C=O) groups excluding carboxylic acids is 1. The third-order valence-electron chi connectivity index (χ3n) is 7.03. The topological polar surface area (TPSA) is 132 Å². The molecule has 10 heteroatoms. The van der Waals surface area contributed by atoms with E-state index in [-0.39, 0.29) is 22.9 Å². The molecule has 0 aliphatic heterocycles. The molecule has 0 unspecified atom stereocenters. The quantitative estimate of drug-likeness (QED) is 0.310. The van der Waals surface area contributed by atoms with Gasteiger partial charge in [0, 0.05) is 24.0 Å². The predicted molar refractivity (Wildman–Crippen MR) is 129 cm³/mol. The first-order valence-electron chi connectivity index (χ1n) is 11.9. The maximum absolute atomic E-state index is 11.8. The molecule has 0 saturated heterocycles. The van der Waals surface area contributed by atoms with Gasteiger partial charge in [-0.15, -0.1) is 0 Å². The van der Waals surface area contributed by atoms with Crippen LogP contribution in [0.1, 0.15) is 89.9 Å². The highest BCUT2D eigenvalue weighted by Crippen LogP contribution is 2.43. The van der Waals surface area contributed by atoms with E-state index < -0.39 is 31.1 Å². The zero-order valence-corrected chi connectivity index (χ0v) is 22.1. The molecule has 1 N–H and O–H groups in total. The second kappa shape index (κ2) is 13.1. The first kappa shape index (κ1) is 29.9. The summed E-state index contributed by atoms with van der Waals surface area (Å²) in [6, 6.07) is 0. The van der Waals surface area contributed by atoms with Crippen LogP contribution >= 0.6 is 0 Å². The summed E-state index contributed by atoms with van der Waals surface area (Å²) in [4.78, 5) is 23.0. The fraction of sp³-hybridized carbons (Fsp3) is 0.913. The van der Waals surface area contributed by atoms with Gasteiger partial charge in [-0.05, 0) is 51.4 Å². The lowest BCUT2D eigenvalue weighted by molar-refractivity contribution is -0.153. The Hall–Kier alpha value is -1.16. The van der Waals surface area contributed by atoms with Crippen LogP contribution in [0.25, 0.3) is 0 Å². The van der Waals surface area contributed by atoms with Crippen molar-refractivity contribution < 1.29 is 36.3 Å². The highest BCUT2D eigenvalue weighted by atomic mass is 32.2. The number of sulfone groups is 2. The van der Waals surface area contributed by atoms with Crippen LogP contribution in [0.2, 0.25) is 0 Å². The van der Waals surface area contributed by atoms with Gasteiger partial charge in [0.05, 0.1) is 17.9 Å². The fourth-order valence-electron chi connectivity index (χ4n) is 5.10. The molecule has 0 bridgehead atoms. The Balaban J connectivity index is 0.000000331. The number of carboxylic acids is 1. The number of esters is 1. The van der Waals surface area contributed by atoms with Crippen molar-refractivity contribution in [1.82, 2.24) is 0 Å². The highest BCUT2D eigenvalue weighted by molar-refractivity contribution is 7.90. The maximum Gasteiger partial charge on any atom is 0.311 e. The molecule has 0 aromatic rings. The van der Waals surface area contributed by atoms with Crippen LogP contribution < -0.4 is 0 Å². The lowest BCUT2D eigenvalue weighted by atomic mass is 9.81. The Kier molecular flexibility index (Phi) is 11.8. The Morgan fingerprint density at radius 3 is 1.42 bits per heavy atom. The number of methoxy groups -OCH3 is 1. The summed E-state index contributed by atoms with van der Waals surface area (Å²) in [5.41, 5.74) is -0.885. The number of hydrogen-bond donors (Lipinski definition) is 1. The minimum absolute atomic E-state index is 0.116. The fourth-order valence-corrected chi connectivity index (χ4v) is 6.56. The van der Waals surface area contributed by atoms with E-state index in [1.165, 1.54) is 19.6 Å². The van der Waals surface area contributed by atoms with E-state index in [1.807, 2.05) is 0 Å². The summed E-state index contributed by atoms with van der Waals surface area (Å²) in [5.74, 6) is -0.439. The van der Waals surface area contributed by atoms with Crippen LogP contribution in [0.5, 0.6) is 0 Å². The summed E-state index contributed by atoms with van der Waals surface area (Å²) in [7, 11) is -4.36. The lowest BCUT2D eigenvalue weighted by Crippen LogP contribution is -2.29. The predicted octanol–water partition coefficient (Wildman–Crippen LogP) is 3.78. The molecule has 0 radical (unpaired) electrons. The molecule has 2 aliphatic carbocycles. The molecule has 194 valence electrons. The minimum atomic E-state index is -2.91. The van der Waals surface area contributed by atoms with Crippen molar-refractivity contribution in [3.8, 4) is 0 Å². The molecule has 0 aromatic carbocycles. The van der Waals surface area contributed by atoms with Gasteiger partial charge in [-0.1, -0.05) is 38.5 Å². The summed E-state index contributed by atoms with van der Waals surface area (Å²) >= 11 is 0. The van der Waals surface area contributed by atoms with Crippen LogP contribution in [-0.2, 0) is 34.0 Å². The van der Waals surface area contributed by atoms with Crippen LogP contribution in [0.15, 0.2) is 0 Å². The molecule has 0 atom stereocenters. The van der Waals surface area contributed by atoms with Crippen molar-refractivity contribution in [2.75, 3.05) is 31.1 Å². The third-order valence-corrected chi connectivity index (χ3v) is 9.09. The molecular weight excluding hydrogens is 468 g/mol. The van der Waals surface area contributed by atoms with Gasteiger partial charge in [-0.2, -0.15) is 0 Å². The van der Waals surface area contributed by atoms with Crippen molar-refractivity contribution >= 4 is 31.6 Å².